The van der Waals surface area contributed by atoms with E-state index in [-0.39, 0.29) is 0 Å². The summed E-state index contributed by atoms with van der Waals surface area (Å²) in [6.07, 6.45) is 6.78. The molecule has 2 aliphatic rings. The van der Waals surface area contributed by atoms with E-state index in [0.717, 1.165) is 44.7 Å². The third-order valence-electron chi connectivity index (χ3n) is 4.67. The predicted octanol–water partition coefficient (Wildman–Crippen LogP) is 2.46. The summed E-state index contributed by atoms with van der Waals surface area (Å²) in [5, 5.41) is 3.58. The minimum Gasteiger partial charge on any atom is -0.383 e. The van der Waals surface area contributed by atoms with Gasteiger partial charge < -0.3 is 14.8 Å². The SMILES string of the molecule is COCCNCC(C)(CC1CCOCC1)C1CC1. The summed E-state index contributed by atoms with van der Waals surface area (Å²) >= 11 is 0. The van der Waals surface area contributed by atoms with E-state index in [9.17, 15) is 0 Å². The lowest BCUT2D eigenvalue weighted by molar-refractivity contribution is 0.0448. The minimum absolute atomic E-state index is 0.496. The van der Waals surface area contributed by atoms with Gasteiger partial charge in [-0.2, -0.15) is 0 Å². The van der Waals surface area contributed by atoms with E-state index in [4.69, 9.17) is 9.47 Å². The molecule has 106 valence electrons. The van der Waals surface area contributed by atoms with Gasteiger partial charge in [-0.05, 0) is 49.4 Å². The number of hydrogen-bond donors (Lipinski definition) is 1. The first kappa shape index (κ1) is 14.3. The molecule has 1 atom stereocenters. The second-order valence-electron chi connectivity index (χ2n) is 6.36. The number of methoxy groups -OCH3 is 1. The van der Waals surface area contributed by atoms with Crippen LogP contribution in [0.5, 0.6) is 0 Å². The zero-order valence-corrected chi connectivity index (χ0v) is 12.0. The fraction of sp³-hybridized carbons (Fsp3) is 1.00. The van der Waals surface area contributed by atoms with Crippen LogP contribution in [-0.2, 0) is 9.47 Å². The molecule has 2 fully saturated rings. The van der Waals surface area contributed by atoms with Crippen molar-refractivity contribution < 1.29 is 9.47 Å². The molecule has 0 radical (unpaired) electrons. The van der Waals surface area contributed by atoms with Gasteiger partial charge in [0.2, 0.25) is 0 Å². The van der Waals surface area contributed by atoms with Crippen molar-refractivity contribution in [2.24, 2.45) is 17.3 Å². The molecule has 0 bridgehead atoms. The van der Waals surface area contributed by atoms with Crippen molar-refractivity contribution in [2.75, 3.05) is 40.0 Å². The number of ether oxygens (including phenoxy) is 2. The van der Waals surface area contributed by atoms with E-state index in [1.54, 1.807) is 7.11 Å². The summed E-state index contributed by atoms with van der Waals surface area (Å²) in [6, 6.07) is 0. The molecule has 2 rings (SSSR count). The summed E-state index contributed by atoms with van der Waals surface area (Å²) < 4.78 is 10.6. The van der Waals surface area contributed by atoms with Gasteiger partial charge in [0, 0.05) is 33.4 Å². The molecule has 0 amide bonds. The largest absolute Gasteiger partial charge is 0.383 e. The van der Waals surface area contributed by atoms with Crippen molar-refractivity contribution in [3.05, 3.63) is 0 Å². The molecule has 0 spiro atoms. The Labute approximate surface area is 112 Å². The van der Waals surface area contributed by atoms with Crippen LogP contribution in [0.1, 0.15) is 39.0 Å². The maximum Gasteiger partial charge on any atom is 0.0587 e. The van der Waals surface area contributed by atoms with Gasteiger partial charge in [0.25, 0.3) is 0 Å². The minimum atomic E-state index is 0.496. The number of rotatable bonds is 8. The van der Waals surface area contributed by atoms with Crippen molar-refractivity contribution in [1.29, 1.82) is 0 Å². The number of hydrogen-bond acceptors (Lipinski definition) is 3. The van der Waals surface area contributed by atoms with Crippen LogP contribution < -0.4 is 5.32 Å². The van der Waals surface area contributed by atoms with E-state index in [1.807, 2.05) is 0 Å². The highest BCUT2D eigenvalue weighted by atomic mass is 16.5. The molecule has 1 saturated carbocycles. The Morgan fingerprint density at radius 2 is 1.94 bits per heavy atom. The van der Waals surface area contributed by atoms with Crippen LogP contribution in [0.15, 0.2) is 0 Å². The molecule has 0 aromatic heterocycles. The molecule has 3 heteroatoms. The molecule has 18 heavy (non-hydrogen) atoms. The summed E-state index contributed by atoms with van der Waals surface area (Å²) in [5.41, 5.74) is 0.496. The van der Waals surface area contributed by atoms with Gasteiger partial charge in [-0.25, -0.2) is 0 Å². The van der Waals surface area contributed by atoms with E-state index in [0.29, 0.717) is 5.41 Å². The zero-order chi connectivity index (χ0) is 12.8. The van der Waals surface area contributed by atoms with Gasteiger partial charge in [-0.3, -0.25) is 0 Å². The smallest absolute Gasteiger partial charge is 0.0587 e. The van der Waals surface area contributed by atoms with Gasteiger partial charge >= 0.3 is 0 Å². The Morgan fingerprint density at radius 1 is 1.22 bits per heavy atom. The van der Waals surface area contributed by atoms with Gasteiger partial charge in [-0.15, -0.1) is 0 Å². The van der Waals surface area contributed by atoms with Gasteiger partial charge in [0.05, 0.1) is 6.61 Å². The molecule has 1 saturated heterocycles. The Bertz CT molecular complexity index is 237. The topological polar surface area (TPSA) is 30.5 Å². The molecule has 1 aliphatic carbocycles. The monoisotopic (exact) mass is 255 g/mol. The van der Waals surface area contributed by atoms with Crippen LogP contribution in [-0.4, -0.2) is 40.0 Å². The molecular weight excluding hydrogens is 226 g/mol. The summed E-state index contributed by atoms with van der Waals surface area (Å²) in [6.45, 7) is 7.38. The average molecular weight is 255 g/mol. The molecule has 1 N–H and O–H groups in total. The first-order chi connectivity index (χ1) is 8.74. The Hall–Kier alpha value is -0.120. The Morgan fingerprint density at radius 3 is 2.56 bits per heavy atom. The molecular formula is C15H29NO2. The van der Waals surface area contributed by atoms with Crippen LogP contribution in [0.4, 0.5) is 0 Å². The standard InChI is InChI=1S/C15H29NO2/c1-15(14-3-4-14,12-16-7-10-17-2)11-13-5-8-18-9-6-13/h13-14,16H,3-12H2,1-2H3. The van der Waals surface area contributed by atoms with Crippen LogP contribution >= 0.6 is 0 Å². The van der Waals surface area contributed by atoms with Crippen molar-refractivity contribution in [3.63, 3.8) is 0 Å². The normalized spacial score (nSPS) is 25.0. The van der Waals surface area contributed by atoms with Gasteiger partial charge in [0.1, 0.15) is 0 Å². The zero-order valence-electron chi connectivity index (χ0n) is 12.0. The fourth-order valence-corrected chi connectivity index (χ4v) is 3.32. The highest BCUT2D eigenvalue weighted by molar-refractivity contribution is 4.94. The summed E-state index contributed by atoms with van der Waals surface area (Å²) in [4.78, 5) is 0. The van der Waals surface area contributed by atoms with Gasteiger partial charge in [0.15, 0.2) is 0 Å². The lowest BCUT2D eigenvalue weighted by atomic mass is 9.74. The third-order valence-corrected chi connectivity index (χ3v) is 4.67. The van der Waals surface area contributed by atoms with Crippen molar-refractivity contribution in [3.8, 4) is 0 Å². The number of nitrogens with one attached hydrogen (secondary N) is 1. The lowest BCUT2D eigenvalue weighted by Gasteiger charge is -2.35. The second-order valence-corrected chi connectivity index (χ2v) is 6.36. The Balaban J connectivity index is 1.77. The van der Waals surface area contributed by atoms with Gasteiger partial charge in [-0.1, -0.05) is 6.92 Å². The van der Waals surface area contributed by atoms with Crippen LogP contribution in [0.3, 0.4) is 0 Å². The van der Waals surface area contributed by atoms with E-state index < -0.39 is 0 Å². The first-order valence-electron chi connectivity index (χ1n) is 7.52. The molecule has 1 aliphatic heterocycles. The van der Waals surface area contributed by atoms with E-state index in [1.165, 1.54) is 32.1 Å². The van der Waals surface area contributed by atoms with Crippen molar-refractivity contribution in [2.45, 2.75) is 39.0 Å². The predicted molar refractivity (Wildman–Crippen MR) is 73.7 cm³/mol. The molecule has 0 aromatic rings. The van der Waals surface area contributed by atoms with Crippen molar-refractivity contribution in [1.82, 2.24) is 5.32 Å². The highest BCUT2D eigenvalue weighted by Gasteiger charge is 2.42. The van der Waals surface area contributed by atoms with Crippen LogP contribution in [0.25, 0.3) is 0 Å². The fourth-order valence-electron chi connectivity index (χ4n) is 3.32. The summed E-state index contributed by atoms with van der Waals surface area (Å²) in [7, 11) is 1.77. The van der Waals surface area contributed by atoms with Crippen molar-refractivity contribution >= 4 is 0 Å². The van der Waals surface area contributed by atoms with E-state index >= 15 is 0 Å². The Kier molecular flexibility index (Phi) is 5.46. The van der Waals surface area contributed by atoms with Crippen LogP contribution in [0.2, 0.25) is 0 Å². The average Bonchev–Trinajstić information content (AvgIpc) is 3.20. The molecule has 0 aromatic carbocycles. The van der Waals surface area contributed by atoms with E-state index in [2.05, 4.69) is 12.2 Å². The summed E-state index contributed by atoms with van der Waals surface area (Å²) in [5.74, 6) is 1.84. The van der Waals surface area contributed by atoms with Crippen LogP contribution in [0, 0.1) is 17.3 Å². The third kappa shape index (κ3) is 4.22. The maximum atomic E-state index is 5.47. The molecule has 1 unspecified atom stereocenters. The molecule has 3 nitrogen and oxygen atoms in total. The highest BCUT2D eigenvalue weighted by Crippen LogP contribution is 2.49. The lowest BCUT2D eigenvalue weighted by Crippen LogP contribution is -2.37. The first-order valence-corrected chi connectivity index (χ1v) is 7.52. The second kappa shape index (κ2) is 6.88. The maximum absolute atomic E-state index is 5.47. The quantitative estimate of drug-likeness (QED) is 0.676. The molecule has 1 heterocycles.